The Kier molecular flexibility index (Phi) is 4.84. The average Bonchev–Trinajstić information content (AvgIpc) is 3.20. The third-order valence-electron chi connectivity index (χ3n) is 6.15. The number of ether oxygens (including phenoxy) is 2. The highest BCUT2D eigenvalue weighted by Crippen LogP contribution is 2.50. The van der Waals surface area contributed by atoms with Gasteiger partial charge in [0.05, 0.1) is 11.5 Å². The van der Waals surface area contributed by atoms with Crippen LogP contribution in [0.15, 0.2) is 36.2 Å². The lowest BCUT2D eigenvalue weighted by molar-refractivity contribution is -0.144. The Labute approximate surface area is 155 Å². The number of aromatic nitrogens is 1. The minimum absolute atomic E-state index is 0.0616. The maximum atomic E-state index is 12.6. The molecule has 1 aliphatic carbocycles. The molecule has 0 aromatic carbocycles. The fraction of sp³-hybridized carbons (Fsp3) is 0.619. The van der Waals surface area contributed by atoms with Gasteiger partial charge in [0.25, 0.3) is 0 Å². The number of fused-ring (bicyclic) bond motifs is 3. The molecular formula is C21H28N2O3. The van der Waals surface area contributed by atoms with Crippen LogP contribution in [0.25, 0.3) is 0 Å². The van der Waals surface area contributed by atoms with Crippen molar-refractivity contribution >= 4 is 5.97 Å². The van der Waals surface area contributed by atoms with Crippen LogP contribution in [0.2, 0.25) is 0 Å². The van der Waals surface area contributed by atoms with Crippen LogP contribution in [0.3, 0.4) is 0 Å². The average molecular weight is 356 g/mol. The molecular weight excluding hydrogens is 328 g/mol. The quantitative estimate of drug-likeness (QED) is 0.510. The van der Waals surface area contributed by atoms with Crippen LogP contribution in [0.1, 0.15) is 45.1 Å². The van der Waals surface area contributed by atoms with Gasteiger partial charge in [-0.2, -0.15) is 0 Å². The van der Waals surface area contributed by atoms with Crippen LogP contribution in [-0.2, 0) is 20.8 Å². The number of allylic oxidation sites excluding steroid dienone is 2. The van der Waals surface area contributed by atoms with Crippen molar-refractivity contribution in [2.24, 2.45) is 11.8 Å². The van der Waals surface area contributed by atoms with Gasteiger partial charge < -0.3 is 14.8 Å². The predicted molar refractivity (Wildman–Crippen MR) is 98.3 cm³/mol. The summed E-state index contributed by atoms with van der Waals surface area (Å²) in [5.41, 5.74) is 2.40. The first-order valence-electron chi connectivity index (χ1n) is 9.70. The molecule has 0 spiro atoms. The zero-order valence-electron chi connectivity index (χ0n) is 15.6. The normalized spacial score (nSPS) is 36.5. The van der Waals surface area contributed by atoms with Gasteiger partial charge in [0.2, 0.25) is 0 Å². The molecule has 4 rings (SSSR count). The van der Waals surface area contributed by atoms with Gasteiger partial charge in [-0.3, -0.25) is 9.78 Å². The summed E-state index contributed by atoms with van der Waals surface area (Å²) in [4.78, 5) is 16.7. The van der Waals surface area contributed by atoms with E-state index < -0.39 is 0 Å². The first-order valence-corrected chi connectivity index (χ1v) is 9.70. The lowest BCUT2D eigenvalue weighted by atomic mass is 9.80. The standard InChI is InChI=1S/C21H28N2O3/c1-14-5-3-9-21(2)19(26-21)18-16(8-7-14)17(20(24)25-18)13-23-12-15-6-4-10-22-11-15/h4-6,10-11,16-19,23H,3,7-9,12-13H2,1-2H3/t16-,17-,18-,19-,21+/m0/s1. The smallest absolute Gasteiger partial charge is 0.311 e. The molecule has 5 atom stereocenters. The fourth-order valence-corrected chi connectivity index (χ4v) is 4.45. The molecule has 2 aliphatic heterocycles. The minimum atomic E-state index is -0.130. The third-order valence-corrected chi connectivity index (χ3v) is 6.15. The predicted octanol–water partition coefficient (Wildman–Crippen LogP) is 3.01. The number of esters is 1. The maximum absolute atomic E-state index is 12.6. The van der Waals surface area contributed by atoms with Crippen LogP contribution >= 0.6 is 0 Å². The summed E-state index contributed by atoms with van der Waals surface area (Å²) in [7, 11) is 0. The van der Waals surface area contributed by atoms with E-state index >= 15 is 0 Å². The second-order valence-electron chi connectivity index (χ2n) is 8.14. The van der Waals surface area contributed by atoms with Crippen molar-refractivity contribution in [3.8, 4) is 0 Å². The van der Waals surface area contributed by atoms with E-state index in [0.29, 0.717) is 13.1 Å². The second-order valence-corrected chi connectivity index (χ2v) is 8.14. The summed E-state index contributed by atoms with van der Waals surface area (Å²) in [6, 6.07) is 3.97. The van der Waals surface area contributed by atoms with Crippen LogP contribution < -0.4 is 5.32 Å². The molecule has 26 heavy (non-hydrogen) atoms. The van der Waals surface area contributed by atoms with E-state index in [2.05, 4.69) is 30.2 Å². The number of rotatable bonds is 4. The highest BCUT2D eigenvalue weighted by molar-refractivity contribution is 5.75. The summed E-state index contributed by atoms with van der Waals surface area (Å²) >= 11 is 0. The van der Waals surface area contributed by atoms with Gasteiger partial charge in [0.15, 0.2) is 0 Å². The Morgan fingerprint density at radius 2 is 2.31 bits per heavy atom. The largest absolute Gasteiger partial charge is 0.459 e. The number of nitrogens with zero attached hydrogens (tertiary/aromatic N) is 1. The molecule has 1 aromatic rings. The fourth-order valence-electron chi connectivity index (χ4n) is 4.45. The summed E-state index contributed by atoms with van der Waals surface area (Å²) in [6.45, 7) is 5.70. The Bertz CT molecular complexity index is 690. The van der Waals surface area contributed by atoms with Crippen molar-refractivity contribution in [1.29, 1.82) is 0 Å². The van der Waals surface area contributed by atoms with Crippen molar-refractivity contribution in [3.63, 3.8) is 0 Å². The van der Waals surface area contributed by atoms with E-state index in [4.69, 9.17) is 9.47 Å². The molecule has 1 aromatic heterocycles. The molecule has 5 heteroatoms. The highest BCUT2D eigenvalue weighted by Gasteiger charge is 2.62. The molecule has 0 radical (unpaired) electrons. The number of hydrogen-bond donors (Lipinski definition) is 1. The Hall–Kier alpha value is -1.72. The summed E-state index contributed by atoms with van der Waals surface area (Å²) in [6.07, 6.45) is 9.97. The van der Waals surface area contributed by atoms with E-state index in [-0.39, 0.29) is 35.6 Å². The molecule has 5 nitrogen and oxygen atoms in total. The molecule has 2 saturated heterocycles. The van der Waals surface area contributed by atoms with E-state index in [0.717, 1.165) is 31.2 Å². The van der Waals surface area contributed by atoms with Crippen molar-refractivity contribution in [2.45, 2.75) is 63.9 Å². The van der Waals surface area contributed by atoms with Crippen molar-refractivity contribution in [2.75, 3.05) is 6.54 Å². The van der Waals surface area contributed by atoms with Crippen molar-refractivity contribution < 1.29 is 14.3 Å². The number of nitrogens with one attached hydrogen (secondary N) is 1. The summed E-state index contributed by atoms with van der Waals surface area (Å²) in [5, 5.41) is 3.42. The first kappa shape index (κ1) is 17.7. The monoisotopic (exact) mass is 356 g/mol. The van der Waals surface area contributed by atoms with E-state index in [1.165, 1.54) is 5.57 Å². The highest BCUT2D eigenvalue weighted by atomic mass is 16.6. The van der Waals surface area contributed by atoms with Gasteiger partial charge in [0.1, 0.15) is 12.2 Å². The number of carbonyl (C=O) groups excluding carboxylic acids is 1. The second kappa shape index (κ2) is 7.12. The first-order chi connectivity index (χ1) is 12.6. The molecule has 0 amide bonds. The van der Waals surface area contributed by atoms with Crippen LogP contribution in [0.5, 0.6) is 0 Å². The molecule has 0 bridgehead atoms. The van der Waals surface area contributed by atoms with Crippen molar-refractivity contribution in [1.82, 2.24) is 10.3 Å². The molecule has 3 aliphatic rings. The molecule has 0 unspecified atom stereocenters. The van der Waals surface area contributed by atoms with Gasteiger partial charge in [0, 0.05) is 31.4 Å². The molecule has 1 N–H and O–H groups in total. The lowest BCUT2D eigenvalue weighted by Crippen LogP contribution is -2.34. The molecule has 2 fully saturated rings. The van der Waals surface area contributed by atoms with Gasteiger partial charge in [-0.05, 0) is 51.2 Å². The van der Waals surface area contributed by atoms with Gasteiger partial charge in [-0.1, -0.05) is 17.7 Å². The zero-order chi connectivity index (χ0) is 18.1. The number of epoxide rings is 1. The van der Waals surface area contributed by atoms with Crippen LogP contribution in [0.4, 0.5) is 0 Å². The molecule has 0 saturated carbocycles. The lowest BCUT2D eigenvalue weighted by Gasteiger charge is -2.22. The van der Waals surface area contributed by atoms with Crippen LogP contribution in [-0.4, -0.2) is 35.3 Å². The number of carbonyl (C=O) groups is 1. The molecule has 140 valence electrons. The Morgan fingerprint density at radius 3 is 3.12 bits per heavy atom. The minimum Gasteiger partial charge on any atom is -0.459 e. The van der Waals surface area contributed by atoms with Gasteiger partial charge in [-0.15, -0.1) is 0 Å². The van der Waals surface area contributed by atoms with E-state index in [1.807, 2.05) is 18.3 Å². The summed E-state index contributed by atoms with van der Waals surface area (Å²) in [5.74, 6) is 0.0481. The summed E-state index contributed by atoms with van der Waals surface area (Å²) < 4.78 is 11.9. The Balaban J connectivity index is 1.44. The van der Waals surface area contributed by atoms with E-state index in [9.17, 15) is 4.79 Å². The number of hydrogen-bond acceptors (Lipinski definition) is 5. The van der Waals surface area contributed by atoms with E-state index in [1.54, 1.807) is 6.20 Å². The SMILES string of the molecule is CC1=CCC[C@@]2(C)O[C@H]2[C@H]2OC(=O)[C@@H](CNCc3cccnc3)[C@@H]2CC1. The van der Waals surface area contributed by atoms with Gasteiger partial charge >= 0.3 is 5.97 Å². The Morgan fingerprint density at radius 1 is 1.42 bits per heavy atom. The zero-order valence-corrected chi connectivity index (χ0v) is 15.6. The number of pyridine rings is 1. The van der Waals surface area contributed by atoms with Gasteiger partial charge in [-0.25, -0.2) is 0 Å². The topological polar surface area (TPSA) is 63.8 Å². The maximum Gasteiger partial charge on any atom is 0.311 e. The molecule has 3 heterocycles. The van der Waals surface area contributed by atoms with Crippen LogP contribution in [0, 0.1) is 11.8 Å². The third kappa shape index (κ3) is 3.55. The van der Waals surface area contributed by atoms with Crippen molar-refractivity contribution in [3.05, 3.63) is 41.7 Å².